The van der Waals surface area contributed by atoms with Crippen LogP contribution in [0.4, 0.5) is 0 Å². The summed E-state index contributed by atoms with van der Waals surface area (Å²) in [4.78, 5) is 16.8. The van der Waals surface area contributed by atoms with E-state index in [9.17, 15) is 9.90 Å². The van der Waals surface area contributed by atoms with Gasteiger partial charge < -0.3 is 20.8 Å². The zero-order valence-corrected chi connectivity index (χ0v) is 9.33. The maximum absolute atomic E-state index is 11.3. The van der Waals surface area contributed by atoms with Crippen LogP contribution in [0, 0.1) is 0 Å². The van der Waals surface area contributed by atoms with Gasteiger partial charge in [0.1, 0.15) is 0 Å². The van der Waals surface area contributed by atoms with Crippen LogP contribution in [0.5, 0.6) is 0 Å². The number of H-pyrrole nitrogens is 2. The first-order valence-electron chi connectivity index (χ1n) is 5.92. The standard InChI is InChI=1S/C11H19N3O2/c12-6-5-8(15)10-9(13-11(16)14-10)7-3-1-2-4-7/h7-8,15H,1-6,12H2,(H2,13,14,16). The Kier molecular flexibility index (Phi) is 3.46. The third-order valence-corrected chi connectivity index (χ3v) is 3.32. The summed E-state index contributed by atoms with van der Waals surface area (Å²) in [6.07, 6.45) is 4.41. The van der Waals surface area contributed by atoms with Crippen LogP contribution < -0.4 is 11.4 Å². The molecule has 16 heavy (non-hydrogen) atoms. The lowest BCUT2D eigenvalue weighted by molar-refractivity contribution is 0.164. The Labute approximate surface area is 94.1 Å². The molecule has 5 heteroatoms. The van der Waals surface area contributed by atoms with Crippen molar-refractivity contribution in [2.45, 2.75) is 44.1 Å². The van der Waals surface area contributed by atoms with E-state index in [1.807, 2.05) is 0 Å². The SMILES string of the molecule is NCCC(O)c1[nH]c(=O)[nH]c1C1CCCC1. The summed E-state index contributed by atoms with van der Waals surface area (Å²) < 4.78 is 0. The van der Waals surface area contributed by atoms with Crippen LogP contribution >= 0.6 is 0 Å². The predicted octanol–water partition coefficient (Wildman–Crippen LogP) is 0.743. The molecule has 1 aromatic heterocycles. The summed E-state index contributed by atoms with van der Waals surface area (Å²) in [7, 11) is 0. The van der Waals surface area contributed by atoms with E-state index in [1.165, 1.54) is 12.8 Å². The molecule has 0 radical (unpaired) electrons. The van der Waals surface area contributed by atoms with Crippen molar-refractivity contribution in [3.05, 3.63) is 21.9 Å². The molecular formula is C11H19N3O2. The van der Waals surface area contributed by atoms with Gasteiger partial charge in [0.15, 0.2) is 0 Å². The fourth-order valence-corrected chi connectivity index (χ4v) is 2.51. The Morgan fingerprint density at radius 3 is 2.69 bits per heavy atom. The lowest BCUT2D eigenvalue weighted by Crippen LogP contribution is -2.10. The van der Waals surface area contributed by atoms with Crippen LogP contribution in [0.3, 0.4) is 0 Å². The van der Waals surface area contributed by atoms with Gasteiger partial charge in [-0.1, -0.05) is 12.8 Å². The molecule has 0 spiro atoms. The van der Waals surface area contributed by atoms with Gasteiger partial charge in [-0.25, -0.2) is 4.79 Å². The van der Waals surface area contributed by atoms with Gasteiger partial charge in [0, 0.05) is 11.6 Å². The van der Waals surface area contributed by atoms with Crippen LogP contribution in [0.1, 0.15) is 55.5 Å². The van der Waals surface area contributed by atoms with Gasteiger partial charge in [-0.3, -0.25) is 0 Å². The number of aromatic nitrogens is 2. The Bertz CT molecular complexity index is 390. The number of hydrogen-bond donors (Lipinski definition) is 4. The minimum Gasteiger partial charge on any atom is -0.387 e. The zero-order valence-electron chi connectivity index (χ0n) is 9.33. The Morgan fingerprint density at radius 2 is 2.06 bits per heavy atom. The molecule has 1 unspecified atom stereocenters. The molecule has 1 aliphatic rings. The molecule has 0 aromatic carbocycles. The normalized spacial score (nSPS) is 19.1. The van der Waals surface area contributed by atoms with Crippen molar-refractivity contribution in [3.63, 3.8) is 0 Å². The van der Waals surface area contributed by atoms with Gasteiger partial charge in [-0.2, -0.15) is 0 Å². The minimum absolute atomic E-state index is 0.229. The highest BCUT2D eigenvalue weighted by molar-refractivity contribution is 5.19. The molecule has 1 saturated carbocycles. The molecular weight excluding hydrogens is 206 g/mol. The van der Waals surface area contributed by atoms with Crippen molar-refractivity contribution in [1.29, 1.82) is 0 Å². The van der Waals surface area contributed by atoms with Crippen molar-refractivity contribution in [2.24, 2.45) is 5.73 Å². The Morgan fingerprint density at radius 1 is 1.38 bits per heavy atom. The largest absolute Gasteiger partial charge is 0.387 e. The number of imidazole rings is 1. The zero-order chi connectivity index (χ0) is 11.5. The van der Waals surface area contributed by atoms with Crippen LogP contribution in [0.2, 0.25) is 0 Å². The number of nitrogens with one attached hydrogen (secondary N) is 2. The average molecular weight is 225 g/mol. The summed E-state index contributed by atoms with van der Waals surface area (Å²) >= 11 is 0. The maximum atomic E-state index is 11.3. The van der Waals surface area contributed by atoms with Crippen LogP contribution in [-0.4, -0.2) is 21.6 Å². The van der Waals surface area contributed by atoms with Crippen LogP contribution in [0.25, 0.3) is 0 Å². The molecule has 2 rings (SSSR count). The lowest BCUT2D eigenvalue weighted by atomic mass is 9.99. The molecule has 1 aliphatic carbocycles. The van der Waals surface area contributed by atoms with Gasteiger partial charge in [0.25, 0.3) is 0 Å². The van der Waals surface area contributed by atoms with Crippen LogP contribution in [0.15, 0.2) is 4.79 Å². The third-order valence-electron chi connectivity index (χ3n) is 3.32. The number of nitrogens with two attached hydrogens (primary N) is 1. The van der Waals surface area contributed by atoms with Gasteiger partial charge in [0.2, 0.25) is 0 Å². The van der Waals surface area contributed by atoms with E-state index in [2.05, 4.69) is 9.97 Å². The summed E-state index contributed by atoms with van der Waals surface area (Å²) in [5.74, 6) is 0.390. The van der Waals surface area contributed by atoms with Crippen molar-refractivity contribution in [1.82, 2.24) is 9.97 Å². The molecule has 1 fully saturated rings. The van der Waals surface area contributed by atoms with E-state index >= 15 is 0 Å². The molecule has 0 saturated heterocycles. The highest BCUT2D eigenvalue weighted by Crippen LogP contribution is 2.35. The Balaban J connectivity index is 2.25. The summed E-state index contributed by atoms with van der Waals surface area (Å²) in [5, 5.41) is 9.90. The highest BCUT2D eigenvalue weighted by atomic mass is 16.3. The summed E-state index contributed by atoms with van der Waals surface area (Å²) in [6, 6.07) is 0. The molecule has 1 atom stereocenters. The number of rotatable bonds is 4. The number of aliphatic hydroxyl groups excluding tert-OH is 1. The molecule has 1 aromatic rings. The third kappa shape index (κ3) is 2.20. The van der Waals surface area contributed by atoms with Gasteiger partial charge >= 0.3 is 5.69 Å². The van der Waals surface area contributed by atoms with Crippen molar-refractivity contribution >= 4 is 0 Å². The van der Waals surface area contributed by atoms with E-state index in [1.54, 1.807) is 0 Å². The second kappa shape index (κ2) is 4.84. The highest BCUT2D eigenvalue weighted by Gasteiger charge is 2.25. The molecule has 0 bridgehead atoms. The first-order valence-corrected chi connectivity index (χ1v) is 5.92. The van der Waals surface area contributed by atoms with Gasteiger partial charge in [-0.05, 0) is 25.8 Å². The first kappa shape index (κ1) is 11.4. The van der Waals surface area contributed by atoms with Crippen molar-refractivity contribution in [3.8, 4) is 0 Å². The van der Waals surface area contributed by atoms with Crippen molar-refractivity contribution < 1.29 is 5.11 Å². The lowest BCUT2D eigenvalue weighted by Gasteiger charge is -2.13. The molecule has 5 N–H and O–H groups in total. The van der Waals surface area contributed by atoms with E-state index < -0.39 is 6.10 Å². The van der Waals surface area contributed by atoms with E-state index in [4.69, 9.17) is 5.73 Å². The van der Waals surface area contributed by atoms with E-state index in [-0.39, 0.29) is 5.69 Å². The number of aromatic amines is 2. The maximum Gasteiger partial charge on any atom is 0.323 e. The molecule has 5 nitrogen and oxygen atoms in total. The first-order chi connectivity index (χ1) is 7.72. The second-order valence-electron chi connectivity index (χ2n) is 4.48. The second-order valence-corrected chi connectivity index (χ2v) is 4.48. The number of hydrogen-bond acceptors (Lipinski definition) is 3. The summed E-state index contributed by atoms with van der Waals surface area (Å²) in [5.41, 5.74) is 6.72. The number of aliphatic hydroxyl groups is 1. The summed E-state index contributed by atoms with van der Waals surface area (Å²) in [6.45, 7) is 0.415. The smallest absolute Gasteiger partial charge is 0.323 e. The fourth-order valence-electron chi connectivity index (χ4n) is 2.51. The van der Waals surface area contributed by atoms with Gasteiger partial charge in [-0.15, -0.1) is 0 Å². The van der Waals surface area contributed by atoms with E-state index in [0.717, 1.165) is 18.5 Å². The Hall–Kier alpha value is -1.07. The molecule has 90 valence electrons. The predicted molar refractivity (Wildman–Crippen MR) is 61.3 cm³/mol. The topological polar surface area (TPSA) is 94.9 Å². The van der Waals surface area contributed by atoms with Crippen LogP contribution in [-0.2, 0) is 0 Å². The monoisotopic (exact) mass is 225 g/mol. The quantitative estimate of drug-likeness (QED) is 0.608. The van der Waals surface area contributed by atoms with E-state index in [0.29, 0.717) is 24.6 Å². The van der Waals surface area contributed by atoms with Crippen molar-refractivity contribution in [2.75, 3.05) is 6.54 Å². The average Bonchev–Trinajstić information content (AvgIpc) is 2.85. The molecule has 0 aliphatic heterocycles. The molecule has 0 amide bonds. The molecule has 1 heterocycles. The minimum atomic E-state index is -0.653. The van der Waals surface area contributed by atoms with Gasteiger partial charge in [0.05, 0.1) is 11.8 Å². The fraction of sp³-hybridized carbons (Fsp3) is 0.727.